The summed E-state index contributed by atoms with van der Waals surface area (Å²) >= 11 is 0. The van der Waals surface area contributed by atoms with E-state index in [0.717, 1.165) is 52.2 Å². The zero-order chi connectivity index (χ0) is 18.0. The molecular weight excluding hydrogens is 328 g/mol. The van der Waals surface area contributed by atoms with E-state index in [0.29, 0.717) is 18.2 Å². The maximum atomic E-state index is 13.1. The van der Waals surface area contributed by atoms with E-state index in [2.05, 4.69) is 26.9 Å². The molecule has 0 unspecified atom stereocenters. The standard InChI is InChI=1S/C20H32N4O2/c1-16-18(15-21-22-16)17-4-8-23(9-5-17)19(25)14-20(6-2-3-7-20)24-10-12-26-13-11-24/h15,17H,2-14H2,1H3,(H,21,22). The van der Waals surface area contributed by atoms with Crippen molar-refractivity contribution in [1.82, 2.24) is 20.0 Å². The minimum absolute atomic E-state index is 0.0961. The number of piperidine rings is 1. The molecule has 1 amide bonds. The van der Waals surface area contributed by atoms with Gasteiger partial charge >= 0.3 is 0 Å². The molecular formula is C20H32N4O2. The molecule has 0 atom stereocenters. The number of H-pyrrole nitrogens is 1. The van der Waals surface area contributed by atoms with Crippen LogP contribution in [0.2, 0.25) is 0 Å². The molecule has 2 aliphatic heterocycles. The predicted octanol–water partition coefficient (Wildman–Crippen LogP) is 2.46. The number of aromatic nitrogens is 2. The molecule has 0 aromatic carbocycles. The smallest absolute Gasteiger partial charge is 0.224 e. The van der Waals surface area contributed by atoms with Crippen molar-refractivity contribution in [1.29, 1.82) is 0 Å². The number of ether oxygens (including phenoxy) is 1. The van der Waals surface area contributed by atoms with Crippen molar-refractivity contribution in [3.05, 3.63) is 17.5 Å². The number of likely N-dealkylation sites (tertiary alicyclic amines) is 1. The van der Waals surface area contributed by atoms with Crippen molar-refractivity contribution < 1.29 is 9.53 Å². The third kappa shape index (κ3) is 3.54. The SMILES string of the molecule is Cc1[nH]ncc1C1CCN(C(=O)CC2(N3CCOCC3)CCCC2)CC1. The predicted molar refractivity (Wildman–Crippen MR) is 100 cm³/mol. The molecule has 1 aromatic heterocycles. The molecule has 1 N–H and O–H groups in total. The first-order valence-corrected chi connectivity index (χ1v) is 10.3. The average molecular weight is 361 g/mol. The zero-order valence-electron chi connectivity index (χ0n) is 16.0. The molecule has 26 heavy (non-hydrogen) atoms. The van der Waals surface area contributed by atoms with Gasteiger partial charge in [0.25, 0.3) is 0 Å². The molecule has 0 spiro atoms. The maximum absolute atomic E-state index is 13.1. The fourth-order valence-corrected chi connectivity index (χ4v) is 5.28. The van der Waals surface area contributed by atoms with Gasteiger partial charge in [-0.1, -0.05) is 12.8 Å². The second-order valence-electron chi connectivity index (χ2n) is 8.31. The van der Waals surface area contributed by atoms with E-state index in [1.807, 2.05) is 6.20 Å². The van der Waals surface area contributed by atoms with Gasteiger partial charge in [-0.2, -0.15) is 5.10 Å². The summed E-state index contributed by atoms with van der Waals surface area (Å²) in [4.78, 5) is 17.8. The Kier molecular flexibility index (Phi) is 5.32. The Bertz CT molecular complexity index is 609. The summed E-state index contributed by atoms with van der Waals surface area (Å²) in [5.41, 5.74) is 2.60. The number of morpholine rings is 1. The number of aryl methyl sites for hydroxylation is 1. The molecule has 3 heterocycles. The van der Waals surface area contributed by atoms with E-state index >= 15 is 0 Å². The molecule has 0 radical (unpaired) electrons. The molecule has 3 aliphatic rings. The van der Waals surface area contributed by atoms with E-state index in [9.17, 15) is 4.79 Å². The molecule has 4 rings (SSSR count). The Labute approximate surface area is 156 Å². The number of nitrogens with zero attached hydrogens (tertiary/aromatic N) is 3. The van der Waals surface area contributed by atoms with Crippen molar-refractivity contribution in [2.45, 2.75) is 63.3 Å². The molecule has 1 aromatic rings. The monoisotopic (exact) mass is 360 g/mol. The third-order valence-corrected chi connectivity index (χ3v) is 6.85. The lowest BCUT2D eigenvalue weighted by Gasteiger charge is -2.44. The van der Waals surface area contributed by atoms with Gasteiger partial charge in [-0.05, 0) is 44.1 Å². The van der Waals surface area contributed by atoms with Crippen LogP contribution in [0.1, 0.15) is 62.1 Å². The number of nitrogens with one attached hydrogen (secondary N) is 1. The lowest BCUT2D eigenvalue weighted by molar-refractivity contribution is -0.136. The minimum atomic E-state index is 0.0961. The van der Waals surface area contributed by atoms with E-state index < -0.39 is 0 Å². The van der Waals surface area contributed by atoms with E-state index in [-0.39, 0.29) is 5.54 Å². The summed E-state index contributed by atoms with van der Waals surface area (Å²) in [5, 5.41) is 7.20. The summed E-state index contributed by atoms with van der Waals surface area (Å²) in [6.45, 7) is 7.44. The van der Waals surface area contributed by atoms with Gasteiger partial charge in [-0.15, -0.1) is 0 Å². The third-order valence-electron chi connectivity index (χ3n) is 6.85. The topological polar surface area (TPSA) is 61.5 Å². The number of aromatic amines is 1. The maximum Gasteiger partial charge on any atom is 0.224 e. The lowest BCUT2D eigenvalue weighted by Crippen LogP contribution is -2.54. The van der Waals surface area contributed by atoms with Gasteiger partial charge in [0.05, 0.1) is 19.4 Å². The molecule has 6 heteroatoms. The van der Waals surface area contributed by atoms with Crippen LogP contribution in [-0.4, -0.2) is 70.8 Å². The van der Waals surface area contributed by atoms with Crippen LogP contribution < -0.4 is 0 Å². The number of carbonyl (C=O) groups excluding carboxylic acids is 1. The Morgan fingerprint density at radius 1 is 1.23 bits per heavy atom. The fraction of sp³-hybridized carbons (Fsp3) is 0.800. The first kappa shape index (κ1) is 18.0. The van der Waals surface area contributed by atoms with Crippen LogP contribution in [0.5, 0.6) is 0 Å². The number of carbonyl (C=O) groups is 1. The number of hydrogen-bond acceptors (Lipinski definition) is 4. The van der Waals surface area contributed by atoms with Gasteiger partial charge in [0.1, 0.15) is 0 Å². The Balaban J connectivity index is 1.36. The minimum Gasteiger partial charge on any atom is -0.379 e. The Hall–Kier alpha value is -1.40. The summed E-state index contributed by atoms with van der Waals surface area (Å²) in [6, 6.07) is 0. The van der Waals surface area contributed by atoms with Crippen LogP contribution in [0.25, 0.3) is 0 Å². The average Bonchev–Trinajstić information content (AvgIpc) is 3.32. The fourth-order valence-electron chi connectivity index (χ4n) is 5.28. The molecule has 0 bridgehead atoms. The van der Waals surface area contributed by atoms with Crippen molar-refractivity contribution in [2.75, 3.05) is 39.4 Å². The molecule has 1 aliphatic carbocycles. The van der Waals surface area contributed by atoms with Crippen molar-refractivity contribution in [3.63, 3.8) is 0 Å². The summed E-state index contributed by atoms with van der Waals surface area (Å²) in [5.74, 6) is 0.901. The quantitative estimate of drug-likeness (QED) is 0.896. The number of hydrogen-bond donors (Lipinski definition) is 1. The second-order valence-corrected chi connectivity index (χ2v) is 8.31. The van der Waals surface area contributed by atoms with Gasteiger partial charge < -0.3 is 9.64 Å². The van der Waals surface area contributed by atoms with Gasteiger partial charge in [0.15, 0.2) is 0 Å². The Morgan fingerprint density at radius 3 is 2.54 bits per heavy atom. The molecule has 144 valence electrons. The highest BCUT2D eigenvalue weighted by Crippen LogP contribution is 2.39. The van der Waals surface area contributed by atoms with Crippen LogP contribution >= 0.6 is 0 Å². The normalized spacial score (nSPS) is 24.9. The summed E-state index contributed by atoms with van der Waals surface area (Å²) in [7, 11) is 0. The molecule has 1 saturated carbocycles. The first-order valence-electron chi connectivity index (χ1n) is 10.3. The second kappa shape index (κ2) is 7.69. The lowest BCUT2D eigenvalue weighted by atomic mass is 9.87. The van der Waals surface area contributed by atoms with E-state index in [4.69, 9.17) is 4.74 Å². The van der Waals surface area contributed by atoms with E-state index in [1.54, 1.807) is 0 Å². The van der Waals surface area contributed by atoms with Crippen molar-refractivity contribution >= 4 is 5.91 Å². The van der Waals surface area contributed by atoms with Crippen LogP contribution in [0, 0.1) is 6.92 Å². The van der Waals surface area contributed by atoms with Crippen LogP contribution in [0.15, 0.2) is 6.20 Å². The summed E-state index contributed by atoms with van der Waals surface area (Å²) < 4.78 is 5.54. The van der Waals surface area contributed by atoms with Crippen LogP contribution in [0.3, 0.4) is 0 Å². The largest absolute Gasteiger partial charge is 0.379 e. The van der Waals surface area contributed by atoms with Gasteiger partial charge in [0, 0.05) is 43.8 Å². The highest BCUT2D eigenvalue weighted by Gasteiger charge is 2.42. The van der Waals surface area contributed by atoms with Gasteiger partial charge in [-0.3, -0.25) is 14.8 Å². The van der Waals surface area contributed by atoms with Crippen molar-refractivity contribution in [2.24, 2.45) is 0 Å². The molecule has 6 nitrogen and oxygen atoms in total. The van der Waals surface area contributed by atoms with Crippen LogP contribution in [0.4, 0.5) is 0 Å². The zero-order valence-corrected chi connectivity index (χ0v) is 16.0. The van der Waals surface area contributed by atoms with Crippen molar-refractivity contribution in [3.8, 4) is 0 Å². The van der Waals surface area contributed by atoms with Gasteiger partial charge in [-0.25, -0.2) is 0 Å². The number of amides is 1. The number of rotatable bonds is 4. The Morgan fingerprint density at radius 2 is 1.92 bits per heavy atom. The summed E-state index contributed by atoms with van der Waals surface area (Å²) in [6.07, 6.45) is 9.62. The first-order chi connectivity index (χ1) is 12.7. The highest BCUT2D eigenvalue weighted by atomic mass is 16.5. The van der Waals surface area contributed by atoms with E-state index in [1.165, 1.54) is 36.9 Å². The van der Waals surface area contributed by atoms with Crippen LogP contribution in [-0.2, 0) is 9.53 Å². The van der Waals surface area contributed by atoms with Gasteiger partial charge in [0.2, 0.25) is 5.91 Å². The molecule has 3 fully saturated rings. The molecule has 2 saturated heterocycles. The highest BCUT2D eigenvalue weighted by molar-refractivity contribution is 5.77.